The van der Waals surface area contributed by atoms with Crippen molar-refractivity contribution < 1.29 is 9.63 Å². The van der Waals surface area contributed by atoms with Crippen LogP contribution in [-0.2, 0) is 9.63 Å². The van der Waals surface area contributed by atoms with Gasteiger partial charge in [-0.2, -0.15) is 5.26 Å². The van der Waals surface area contributed by atoms with Gasteiger partial charge in [-0.1, -0.05) is 11.6 Å². The second-order valence-electron chi connectivity index (χ2n) is 3.17. The van der Waals surface area contributed by atoms with E-state index in [2.05, 4.69) is 16.1 Å². The highest BCUT2D eigenvalue weighted by Gasteiger charge is 2.25. The van der Waals surface area contributed by atoms with Crippen molar-refractivity contribution in [1.82, 2.24) is 0 Å². The smallest absolute Gasteiger partial charge is 0.319 e. The summed E-state index contributed by atoms with van der Waals surface area (Å²) >= 11 is 0. The fourth-order valence-corrected chi connectivity index (χ4v) is 1.51. The molecule has 0 spiro atoms. The minimum Gasteiger partial charge on any atom is -0.319 e. The molecule has 0 bridgehead atoms. The molecule has 70 valence electrons. The van der Waals surface area contributed by atoms with E-state index in [0.717, 1.165) is 19.3 Å². The lowest BCUT2D eigenvalue weighted by molar-refractivity contribution is -0.140. The molecule has 1 saturated carbocycles. The molecule has 1 aliphatic rings. The molecular weight excluding hydrogens is 168 g/mol. The lowest BCUT2D eigenvalue weighted by atomic mass is 9.99. The van der Waals surface area contributed by atoms with Crippen LogP contribution >= 0.6 is 0 Å². The average Bonchev–Trinajstić information content (AvgIpc) is 2.51. The maximum absolute atomic E-state index is 10.4. The Labute approximate surface area is 77.2 Å². The second kappa shape index (κ2) is 4.61. The van der Waals surface area contributed by atoms with E-state index in [4.69, 9.17) is 5.26 Å². The van der Waals surface area contributed by atoms with Crippen LogP contribution < -0.4 is 0 Å². The van der Waals surface area contributed by atoms with E-state index >= 15 is 0 Å². The summed E-state index contributed by atoms with van der Waals surface area (Å²) < 4.78 is 0. The van der Waals surface area contributed by atoms with Crippen LogP contribution in [0, 0.1) is 23.2 Å². The molecule has 0 N–H and O–H groups in total. The van der Waals surface area contributed by atoms with Crippen molar-refractivity contribution in [3.63, 3.8) is 0 Å². The Morgan fingerprint density at radius 3 is 3.08 bits per heavy atom. The second-order valence-corrected chi connectivity index (χ2v) is 3.17. The molecule has 0 radical (unpaired) electrons. The Balaban J connectivity index is 2.40. The van der Waals surface area contributed by atoms with Crippen LogP contribution in [0.5, 0.6) is 0 Å². The number of nitriles is 1. The lowest BCUT2D eigenvalue weighted by Crippen LogP contribution is -2.07. The van der Waals surface area contributed by atoms with Gasteiger partial charge < -0.3 is 4.84 Å². The van der Waals surface area contributed by atoms with Crippen molar-refractivity contribution in [3.05, 3.63) is 0 Å². The molecule has 1 aliphatic carbocycles. The standard InChI is InChI=1S/C9H12N2O2/c1-7(12)13-11-6-9-4-2-3-8(9)5-10/h6,8-9H,2-4H2,1H3/b11-6+. The molecule has 0 aromatic heterocycles. The Bertz CT molecular complexity index is 255. The van der Waals surface area contributed by atoms with Crippen LogP contribution in [0.25, 0.3) is 0 Å². The van der Waals surface area contributed by atoms with Crippen LogP contribution in [0.2, 0.25) is 0 Å². The largest absolute Gasteiger partial charge is 0.331 e. The van der Waals surface area contributed by atoms with Gasteiger partial charge in [0.15, 0.2) is 0 Å². The number of hydrogen-bond donors (Lipinski definition) is 0. The molecule has 1 fully saturated rings. The Kier molecular flexibility index (Phi) is 3.44. The van der Waals surface area contributed by atoms with Crippen molar-refractivity contribution >= 4 is 12.2 Å². The van der Waals surface area contributed by atoms with E-state index in [9.17, 15) is 4.79 Å². The molecule has 0 saturated heterocycles. The van der Waals surface area contributed by atoms with Gasteiger partial charge in [0.2, 0.25) is 0 Å². The summed E-state index contributed by atoms with van der Waals surface area (Å²) in [5, 5.41) is 12.3. The Hall–Kier alpha value is -1.37. The quantitative estimate of drug-likeness (QED) is 0.367. The van der Waals surface area contributed by atoms with Gasteiger partial charge in [-0.3, -0.25) is 0 Å². The van der Waals surface area contributed by atoms with E-state index in [1.807, 2.05) is 0 Å². The molecule has 2 unspecified atom stereocenters. The van der Waals surface area contributed by atoms with Gasteiger partial charge in [-0.15, -0.1) is 0 Å². The maximum Gasteiger partial charge on any atom is 0.331 e. The molecule has 0 amide bonds. The van der Waals surface area contributed by atoms with Crippen molar-refractivity contribution in [3.8, 4) is 6.07 Å². The first kappa shape index (κ1) is 9.72. The molecule has 13 heavy (non-hydrogen) atoms. The molecular formula is C9H12N2O2. The number of hydrogen-bond acceptors (Lipinski definition) is 4. The fourth-order valence-electron chi connectivity index (χ4n) is 1.51. The summed E-state index contributed by atoms with van der Waals surface area (Å²) in [5.74, 6) is -0.230. The predicted molar refractivity (Wildman–Crippen MR) is 46.7 cm³/mol. The van der Waals surface area contributed by atoms with Gasteiger partial charge in [0.05, 0.1) is 12.0 Å². The third-order valence-corrected chi connectivity index (χ3v) is 2.17. The summed E-state index contributed by atoms with van der Waals surface area (Å²) in [6.45, 7) is 1.30. The highest BCUT2D eigenvalue weighted by atomic mass is 16.7. The van der Waals surface area contributed by atoms with Gasteiger partial charge in [-0.25, -0.2) is 4.79 Å². The first-order valence-electron chi connectivity index (χ1n) is 4.34. The van der Waals surface area contributed by atoms with Crippen molar-refractivity contribution in [1.29, 1.82) is 5.26 Å². The zero-order valence-corrected chi connectivity index (χ0v) is 7.56. The summed E-state index contributed by atoms with van der Waals surface area (Å²) in [4.78, 5) is 14.8. The lowest BCUT2D eigenvalue weighted by Gasteiger charge is -2.04. The minimum atomic E-state index is -0.428. The van der Waals surface area contributed by atoms with Crippen molar-refractivity contribution in [2.45, 2.75) is 26.2 Å². The summed E-state index contributed by atoms with van der Waals surface area (Å²) in [6.07, 6.45) is 4.51. The zero-order chi connectivity index (χ0) is 9.68. The third-order valence-electron chi connectivity index (χ3n) is 2.17. The highest BCUT2D eigenvalue weighted by Crippen LogP contribution is 2.29. The number of nitrogens with zero attached hydrogens (tertiary/aromatic N) is 2. The van der Waals surface area contributed by atoms with Crippen molar-refractivity contribution in [2.75, 3.05) is 0 Å². The molecule has 0 heterocycles. The van der Waals surface area contributed by atoms with E-state index < -0.39 is 5.97 Å². The van der Waals surface area contributed by atoms with E-state index in [-0.39, 0.29) is 11.8 Å². The van der Waals surface area contributed by atoms with E-state index in [1.165, 1.54) is 6.92 Å². The Morgan fingerprint density at radius 1 is 1.69 bits per heavy atom. The topological polar surface area (TPSA) is 62.4 Å². The average molecular weight is 180 g/mol. The molecule has 1 rings (SSSR count). The van der Waals surface area contributed by atoms with Crippen LogP contribution in [0.4, 0.5) is 0 Å². The van der Waals surface area contributed by atoms with Gasteiger partial charge in [0.25, 0.3) is 0 Å². The molecule has 4 nitrogen and oxygen atoms in total. The van der Waals surface area contributed by atoms with Crippen molar-refractivity contribution in [2.24, 2.45) is 17.0 Å². The SMILES string of the molecule is CC(=O)O/N=C/C1CCCC1C#N. The van der Waals surface area contributed by atoms with Crippen LogP contribution in [0.15, 0.2) is 5.16 Å². The highest BCUT2D eigenvalue weighted by molar-refractivity contribution is 5.68. The predicted octanol–water partition coefficient (Wildman–Crippen LogP) is 1.48. The molecule has 0 aromatic carbocycles. The van der Waals surface area contributed by atoms with E-state index in [1.54, 1.807) is 6.21 Å². The molecule has 0 aromatic rings. The maximum atomic E-state index is 10.4. The third kappa shape index (κ3) is 2.86. The first-order chi connectivity index (χ1) is 6.24. The van der Waals surface area contributed by atoms with Crippen LogP contribution in [0.3, 0.4) is 0 Å². The number of carbonyl (C=O) groups is 1. The number of carbonyl (C=O) groups excluding carboxylic acids is 1. The summed E-state index contributed by atoms with van der Waals surface area (Å²) in [5.41, 5.74) is 0. The van der Waals surface area contributed by atoms with Gasteiger partial charge >= 0.3 is 5.97 Å². The first-order valence-corrected chi connectivity index (χ1v) is 4.34. The summed E-state index contributed by atoms with van der Waals surface area (Å²) in [6, 6.07) is 2.22. The molecule has 0 aliphatic heterocycles. The zero-order valence-electron chi connectivity index (χ0n) is 7.56. The van der Waals surface area contributed by atoms with Gasteiger partial charge in [0, 0.05) is 19.1 Å². The van der Waals surface area contributed by atoms with Gasteiger partial charge in [-0.05, 0) is 12.8 Å². The van der Waals surface area contributed by atoms with Crippen LogP contribution in [-0.4, -0.2) is 12.2 Å². The molecule has 2 atom stereocenters. The molecule has 4 heteroatoms. The van der Waals surface area contributed by atoms with Gasteiger partial charge in [0.1, 0.15) is 0 Å². The summed E-state index contributed by atoms with van der Waals surface area (Å²) in [7, 11) is 0. The van der Waals surface area contributed by atoms with E-state index in [0.29, 0.717) is 0 Å². The number of oxime groups is 1. The monoisotopic (exact) mass is 180 g/mol. The number of rotatable bonds is 2. The van der Waals surface area contributed by atoms with Crippen LogP contribution in [0.1, 0.15) is 26.2 Å². The fraction of sp³-hybridized carbons (Fsp3) is 0.667. The Morgan fingerprint density at radius 2 is 2.46 bits per heavy atom. The normalized spacial score (nSPS) is 27.4. The minimum absolute atomic E-state index is 0.0410.